The fourth-order valence-electron chi connectivity index (χ4n) is 3.39. The molecule has 0 bridgehead atoms. The van der Waals surface area contributed by atoms with Gasteiger partial charge in [0.15, 0.2) is 0 Å². The van der Waals surface area contributed by atoms with E-state index in [-0.39, 0.29) is 17.9 Å². The minimum absolute atomic E-state index is 0.0478. The summed E-state index contributed by atoms with van der Waals surface area (Å²) in [4.78, 5) is 12.5. The molecule has 0 radical (unpaired) electrons. The third-order valence-corrected chi connectivity index (χ3v) is 4.99. The number of nitrogen functional groups attached to an aromatic ring is 1. The van der Waals surface area contributed by atoms with E-state index in [1.165, 1.54) is 0 Å². The zero-order valence-corrected chi connectivity index (χ0v) is 17.8. The summed E-state index contributed by atoms with van der Waals surface area (Å²) in [7, 11) is 0. The van der Waals surface area contributed by atoms with Gasteiger partial charge in [0.2, 0.25) is 0 Å². The molecule has 1 saturated heterocycles. The van der Waals surface area contributed by atoms with Crippen LogP contribution in [0.2, 0.25) is 0 Å². The molecule has 0 atom stereocenters. The lowest BCUT2D eigenvalue weighted by Gasteiger charge is -2.25. The molecule has 1 heterocycles. The minimum Gasteiger partial charge on any atom is -0.489 e. The molecule has 31 heavy (non-hydrogen) atoms. The van der Waals surface area contributed by atoms with E-state index in [4.69, 9.17) is 20.6 Å². The quantitative estimate of drug-likeness (QED) is 0.280. The van der Waals surface area contributed by atoms with Crippen LogP contribution in [0.1, 0.15) is 41.3 Å². The molecule has 1 aliphatic rings. The number of esters is 1. The summed E-state index contributed by atoms with van der Waals surface area (Å²) in [5, 5.41) is 14.1. The summed E-state index contributed by atoms with van der Waals surface area (Å²) in [6.07, 6.45) is 5.86. The fourth-order valence-corrected chi connectivity index (χ4v) is 3.39. The van der Waals surface area contributed by atoms with Crippen LogP contribution in [0, 0.1) is 5.41 Å². The number of amidine groups is 1. The van der Waals surface area contributed by atoms with Gasteiger partial charge in [-0.2, -0.15) is 0 Å². The zero-order valence-electron chi connectivity index (χ0n) is 17.8. The zero-order chi connectivity index (χ0) is 22.1. The lowest BCUT2D eigenvalue weighted by atomic mass is 10.1. The van der Waals surface area contributed by atoms with Crippen molar-refractivity contribution in [2.24, 2.45) is 5.73 Å². The number of piperidine rings is 1. The van der Waals surface area contributed by atoms with Gasteiger partial charge in [-0.25, -0.2) is 4.79 Å². The maximum absolute atomic E-state index is 12.5. The molecule has 1 fully saturated rings. The van der Waals surface area contributed by atoms with Crippen molar-refractivity contribution >= 4 is 23.6 Å². The predicted octanol–water partition coefficient (Wildman–Crippen LogP) is 3.40. The molecular formula is C24H30N4O3. The molecule has 0 spiro atoms. The first-order chi connectivity index (χ1) is 15.1. The second kappa shape index (κ2) is 11.2. The highest BCUT2D eigenvalue weighted by atomic mass is 16.5. The summed E-state index contributed by atoms with van der Waals surface area (Å²) in [5.41, 5.74) is 8.44. The fraction of sp³-hybridized carbons (Fsp3) is 0.333. The molecule has 2 aromatic rings. The van der Waals surface area contributed by atoms with Crippen molar-refractivity contribution in [3.05, 3.63) is 65.2 Å². The summed E-state index contributed by atoms with van der Waals surface area (Å²) < 4.78 is 11.3. The Kier molecular flexibility index (Phi) is 8.06. The predicted molar refractivity (Wildman–Crippen MR) is 124 cm³/mol. The van der Waals surface area contributed by atoms with Crippen molar-refractivity contribution in [1.82, 2.24) is 5.32 Å². The number of carbonyl (C=O) groups excluding carboxylic acids is 1. The van der Waals surface area contributed by atoms with Crippen molar-refractivity contribution < 1.29 is 14.3 Å². The third-order valence-electron chi connectivity index (χ3n) is 4.99. The van der Waals surface area contributed by atoms with Gasteiger partial charge in [-0.1, -0.05) is 30.4 Å². The number of ether oxygens (including phenoxy) is 2. The van der Waals surface area contributed by atoms with Crippen LogP contribution in [0.3, 0.4) is 0 Å². The SMILES string of the molecule is CCOC(=O)c1cc(NCC=Cc2cccc(C(=N)N)c2)ccc1OC1CCNCC1. The molecule has 2 aromatic carbocycles. The van der Waals surface area contributed by atoms with Gasteiger partial charge in [-0.15, -0.1) is 0 Å². The topological polar surface area (TPSA) is 109 Å². The molecule has 3 rings (SSSR count). The molecule has 5 N–H and O–H groups in total. The van der Waals surface area contributed by atoms with Gasteiger partial charge >= 0.3 is 5.97 Å². The van der Waals surface area contributed by atoms with E-state index in [0.717, 1.165) is 37.2 Å². The lowest BCUT2D eigenvalue weighted by molar-refractivity contribution is 0.0517. The number of nitrogens with one attached hydrogen (secondary N) is 3. The van der Waals surface area contributed by atoms with Gasteiger partial charge in [0.05, 0.1) is 6.61 Å². The Morgan fingerprint density at radius 3 is 2.81 bits per heavy atom. The van der Waals surface area contributed by atoms with Crippen molar-refractivity contribution in [2.75, 3.05) is 31.6 Å². The van der Waals surface area contributed by atoms with Crippen molar-refractivity contribution in [1.29, 1.82) is 5.41 Å². The van der Waals surface area contributed by atoms with Gasteiger partial charge in [0.25, 0.3) is 0 Å². The van der Waals surface area contributed by atoms with E-state index in [9.17, 15) is 4.79 Å². The number of nitrogens with two attached hydrogens (primary N) is 1. The van der Waals surface area contributed by atoms with Gasteiger partial charge in [-0.05, 0) is 62.7 Å². The molecule has 7 nitrogen and oxygen atoms in total. The number of rotatable bonds is 9. The maximum Gasteiger partial charge on any atom is 0.341 e. The van der Waals surface area contributed by atoms with E-state index < -0.39 is 0 Å². The Labute approximate surface area is 183 Å². The molecule has 0 aromatic heterocycles. The van der Waals surface area contributed by atoms with E-state index in [1.807, 2.05) is 48.6 Å². The largest absolute Gasteiger partial charge is 0.489 e. The first kappa shape index (κ1) is 22.4. The van der Waals surface area contributed by atoms with Crippen LogP contribution in [0.15, 0.2) is 48.5 Å². The Balaban J connectivity index is 1.66. The van der Waals surface area contributed by atoms with Crippen LogP contribution >= 0.6 is 0 Å². The number of hydrogen-bond donors (Lipinski definition) is 4. The summed E-state index contributed by atoms with van der Waals surface area (Å²) >= 11 is 0. The number of anilines is 1. The average molecular weight is 423 g/mol. The molecule has 164 valence electrons. The van der Waals surface area contributed by atoms with E-state index in [1.54, 1.807) is 13.0 Å². The van der Waals surface area contributed by atoms with Gasteiger partial charge in [0.1, 0.15) is 23.3 Å². The van der Waals surface area contributed by atoms with Crippen LogP contribution in [-0.2, 0) is 4.74 Å². The first-order valence-electron chi connectivity index (χ1n) is 10.6. The Hall–Kier alpha value is -3.32. The highest BCUT2D eigenvalue weighted by molar-refractivity contribution is 5.95. The van der Waals surface area contributed by atoms with Crippen molar-refractivity contribution in [3.8, 4) is 5.75 Å². The van der Waals surface area contributed by atoms with Gasteiger partial charge < -0.3 is 25.8 Å². The summed E-state index contributed by atoms with van der Waals surface area (Å²) in [5.74, 6) is 0.228. The van der Waals surface area contributed by atoms with Gasteiger partial charge in [0, 0.05) is 17.8 Å². The van der Waals surface area contributed by atoms with E-state index in [2.05, 4.69) is 10.6 Å². The van der Waals surface area contributed by atoms with Crippen molar-refractivity contribution in [3.63, 3.8) is 0 Å². The minimum atomic E-state index is -0.383. The lowest BCUT2D eigenvalue weighted by Crippen LogP contribution is -2.34. The van der Waals surface area contributed by atoms with Crippen LogP contribution in [0.25, 0.3) is 6.08 Å². The molecule has 1 aliphatic heterocycles. The normalized spacial score (nSPS) is 14.4. The monoisotopic (exact) mass is 422 g/mol. The average Bonchev–Trinajstić information content (AvgIpc) is 2.78. The summed E-state index contributed by atoms with van der Waals surface area (Å²) in [6, 6.07) is 13.0. The highest BCUT2D eigenvalue weighted by Crippen LogP contribution is 2.26. The Morgan fingerprint density at radius 2 is 2.06 bits per heavy atom. The van der Waals surface area contributed by atoms with E-state index in [0.29, 0.717) is 30.0 Å². The summed E-state index contributed by atoms with van der Waals surface area (Å²) in [6.45, 7) is 4.51. The van der Waals surface area contributed by atoms with Crippen LogP contribution in [-0.4, -0.2) is 44.2 Å². The second-order valence-corrected chi connectivity index (χ2v) is 7.32. The van der Waals surface area contributed by atoms with E-state index >= 15 is 0 Å². The van der Waals surface area contributed by atoms with Crippen molar-refractivity contribution in [2.45, 2.75) is 25.9 Å². The van der Waals surface area contributed by atoms with Crippen LogP contribution in [0.4, 0.5) is 5.69 Å². The number of carbonyl (C=O) groups is 1. The molecule has 0 unspecified atom stereocenters. The second-order valence-electron chi connectivity index (χ2n) is 7.32. The molecule has 0 amide bonds. The molecular weight excluding hydrogens is 392 g/mol. The molecule has 7 heteroatoms. The third kappa shape index (κ3) is 6.58. The first-order valence-corrected chi connectivity index (χ1v) is 10.6. The maximum atomic E-state index is 12.5. The molecule has 0 saturated carbocycles. The highest BCUT2D eigenvalue weighted by Gasteiger charge is 2.20. The smallest absolute Gasteiger partial charge is 0.341 e. The van der Waals surface area contributed by atoms with Gasteiger partial charge in [-0.3, -0.25) is 5.41 Å². The Bertz CT molecular complexity index is 936. The molecule has 0 aliphatic carbocycles. The number of benzene rings is 2. The van der Waals surface area contributed by atoms with Crippen LogP contribution < -0.4 is 21.1 Å². The number of hydrogen-bond acceptors (Lipinski definition) is 6. The standard InChI is InChI=1S/C24H30N4O3/c1-2-30-24(29)21-16-19(8-9-22(21)31-20-10-13-27-14-11-20)28-12-4-6-17-5-3-7-18(15-17)23(25)26/h3-9,15-16,20,27-28H,2,10-14H2,1H3,(H3,25,26). The Morgan fingerprint density at radius 1 is 1.26 bits per heavy atom. The van der Waals surface area contributed by atoms with Crippen LogP contribution in [0.5, 0.6) is 5.75 Å².